The number of hydrogen-bond acceptors (Lipinski definition) is 3. The topological polar surface area (TPSA) is 49.7 Å². The van der Waals surface area contributed by atoms with E-state index in [1.807, 2.05) is 12.1 Å². The van der Waals surface area contributed by atoms with Gasteiger partial charge in [-0.05, 0) is 73.1 Å². The van der Waals surface area contributed by atoms with E-state index in [-0.39, 0.29) is 5.41 Å². The number of aryl methyl sites for hydroxylation is 1. The second-order valence-corrected chi connectivity index (χ2v) is 7.80. The molecule has 0 amide bonds. The number of ether oxygens (including phenoxy) is 1. The molecule has 23 heavy (non-hydrogen) atoms. The predicted octanol–water partition coefficient (Wildman–Crippen LogP) is 3.54. The molecule has 0 radical (unpaired) electrons. The third kappa shape index (κ3) is 1.94. The summed E-state index contributed by atoms with van der Waals surface area (Å²) in [6.45, 7) is 2.16. The Morgan fingerprint density at radius 1 is 1.26 bits per heavy atom. The number of hydrogen-bond donors (Lipinski definition) is 2. The minimum atomic E-state index is -1.17. The first-order valence-electron chi connectivity index (χ1n) is 8.66. The van der Waals surface area contributed by atoms with E-state index in [4.69, 9.17) is 11.2 Å². The first-order valence-corrected chi connectivity index (χ1v) is 8.66. The van der Waals surface area contributed by atoms with E-state index in [2.05, 4.69) is 19.1 Å². The number of rotatable bonds is 1. The van der Waals surface area contributed by atoms with Gasteiger partial charge in [0.05, 0.1) is 0 Å². The molecule has 1 aromatic carbocycles. The summed E-state index contributed by atoms with van der Waals surface area (Å²) < 4.78 is 5.38. The number of aromatic hydroxyl groups is 1. The smallest absolute Gasteiger partial charge is 0.224 e. The Kier molecular flexibility index (Phi) is 3.19. The molecule has 0 bridgehead atoms. The van der Waals surface area contributed by atoms with Crippen molar-refractivity contribution in [3.63, 3.8) is 0 Å². The fourth-order valence-corrected chi connectivity index (χ4v) is 5.81. The number of aliphatic hydroxyl groups is 1. The van der Waals surface area contributed by atoms with Crippen molar-refractivity contribution in [3.8, 4) is 18.3 Å². The molecule has 1 aromatic rings. The van der Waals surface area contributed by atoms with Crippen LogP contribution in [0.4, 0.5) is 0 Å². The zero-order chi connectivity index (χ0) is 16.2. The van der Waals surface area contributed by atoms with Crippen LogP contribution in [0.2, 0.25) is 0 Å². The summed E-state index contributed by atoms with van der Waals surface area (Å²) in [5.41, 5.74) is 2.44. The van der Waals surface area contributed by atoms with Crippen molar-refractivity contribution in [2.45, 2.75) is 57.2 Å². The highest BCUT2D eigenvalue weighted by molar-refractivity contribution is 5.40. The normalized spacial score (nSPS) is 41.3. The number of phenolic OH excluding ortho intramolecular Hbond substituents is 1. The van der Waals surface area contributed by atoms with Gasteiger partial charge in [0.15, 0.2) is 0 Å². The van der Waals surface area contributed by atoms with Crippen molar-refractivity contribution in [1.82, 2.24) is 0 Å². The number of benzene rings is 1. The van der Waals surface area contributed by atoms with Crippen LogP contribution in [0, 0.1) is 29.8 Å². The van der Waals surface area contributed by atoms with Crippen LogP contribution in [-0.2, 0) is 11.2 Å². The van der Waals surface area contributed by atoms with Crippen LogP contribution in [-0.4, -0.2) is 16.0 Å². The van der Waals surface area contributed by atoms with Gasteiger partial charge in [-0.2, -0.15) is 0 Å². The molecular weight excluding hydrogens is 288 g/mol. The van der Waals surface area contributed by atoms with Crippen LogP contribution < -0.4 is 0 Å². The van der Waals surface area contributed by atoms with E-state index in [9.17, 15) is 10.2 Å². The maximum absolute atomic E-state index is 11.0. The molecule has 0 unspecified atom stereocenters. The molecule has 3 nitrogen and oxygen atoms in total. The Morgan fingerprint density at radius 2 is 2.09 bits per heavy atom. The summed E-state index contributed by atoms with van der Waals surface area (Å²) in [6.07, 6.45) is 13.3. The minimum Gasteiger partial charge on any atom is -0.508 e. The molecule has 122 valence electrons. The van der Waals surface area contributed by atoms with E-state index in [0.29, 0.717) is 29.9 Å². The fourth-order valence-electron chi connectivity index (χ4n) is 5.81. The molecule has 0 aliphatic heterocycles. The monoisotopic (exact) mass is 312 g/mol. The molecule has 2 saturated carbocycles. The molecule has 2 fully saturated rings. The van der Waals surface area contributed by atoms with Crippen molar-refractivity contribution in [1.29, 1.82) is 0 Å². The summed E-state index contributed by atoms with van der Waals surface area (Å²) in [5.74, 6) is 0.737. The summed E-state index contributed by atoms with van der Waals surface area (Å²) in [4.78, 5) is 0. The van der Waals surface area contributed by atoms with E-state index >= 15 is 0 Å². The van der Waals surface area contributed by atoms with Crippen molar-refractivity contribution in [3.05, 3.63) is 29.3 Å². The fraction of sp³-hybridized carbons (Fsp3) is 0.600. The molecule has 2 N–H and O–H groups in total. The lowest BCUT2D eigenvalue weighted by Gasteiger charge is -2.52. The molecule has 0 aromatic heterocycles. The lowest BCUT2D eigenvalue weighted by atomic mass is 9.55. The zero-order valence-corrected chi connectivity index (χ0v) is 13.6. The highest BCUT2D eigenvalue weighted by atomic mass is 16.6. The highest BCUT2D eigenvalue weighted by Gasteiger charge is 2.63. The Balaban J connectivity index is 1.69. The standard InChI is InChI=1S/C20H24O3/c1-3-23-20(22)11-9-18-17-6-4-13-12-14(21)5-7-15(13)16(17)8-10-19(18,20)2/h1,5,7,12,16-18,21-22H,4,6,8-11H2,2H3/t16-,17-,18+,19+,20-/m1/s1. The molecule has 5 atom stereocenters. The van der Waals surface area contributed by atoms with Gasteiger partial charge < -0.3 is 14.9 Å². The van der Waals surface area contributed by atoms with Crippen LogP contribution in [0.15, 0.2) is 18.2 Å². The zero-order valence-electron chi connectivity index (χ0n) is 13.6. The minimum absolute atomic E-state index is 0.255. The molecule has 0 spiro atoms. The summed E-state index contributed by atoms with van der Waals surface area (Å²) in [7, 11) is 0. The third-order valence-electron chi connectivity index (χ3n) is 7.01. The van der Waals surface area contributed by atoms with E-state index in [1.54, 1.807) is 0 Å². The molecule has 4 rings (SSSR count). The van der Waals surface area contributed by atoms with Gasteiger partial charge >= 0.3 is 0 Å². The Hall–Kier alpha value is -1.66. The molecule has 3 aliphatic rings. The SMILES string of the molecule is C#CO[C@]1(O)CC[C@H]2[C@@H]3CCc4cc(O)ccc4[C@H]3CC[C@@]21C. The van der Waals surface area contributed by atoms with Crippen LogP contribution in [0.5, 0.6) is 5.75 Å². The largest absolute Gasteiger partial charge is 0.508 e. The van der Waals surface area contributed by atoms with Crippen LogP contribution in [0.25, 0.3) is 0 Å². The van der Waals surface area contributed by atoms with Gasteiger partial charge in [-0.25, -0.2) is 0 Å². The Labute approximate surface area is 137 Å². The average Bonchev–Trinajstić information content (AvgIpc) is 2.79. The lowest BCUT2D eigenvalue weighted by molar-refractivity contribution is -0.238. The maximum Gasteiger partial charge on any atom is 0.224 e. The van der Waals surface area contributed by atoms with Crippen molar-refractivity contribution in [2.24, 2.45) is 17.3 Å². The summed E-state index contributed by atoms with van der Waals surface area (Å²) in [6, 6.07) is 5.83. The number of phenols is 1. The first kappa shape index (κ1) is 14.9. The van der Waals surface area contributed by atoms with Gasteiger partial charge in [0.2, 0.25) is 5.79 Å². The van der Waals surface area contributed by atoms with Crippen LogP contribution >= 0.6 is 0 Å². The molecule has 0 saturated heterocycles. The van der Waals surface area contributed by atoms with E-state index in [1.165, 1.54) is 11.1 Å². The Bertz CT molecular complexity index is 676. The van der Waals surface area contributed by atoms with Gasteiger partial charge in [0, 0.05) is 11.8 Å². The van der Waals surface area contributed by atoms with Gasteiger partial charge in [-0.15, -0.1) is 0 Å². The van der Waals surface area contributed by atoms with Crippen molar-refractivity contribution in [2.75, 3.05) is 0 Å². The molecular formula is C20H24O3. The quantitative estimate of drug-likeness (QED) is 0.616. The number of fused-ring (bicyclic) bond motifs is 5. The van der Waals surface area contributed by atoms with Gasteiger partial charge in [-0.1, -0.05) is 19.4 Å². The van der Waals surface area contributed by atoms with Crippen molar-refractivity contribution >= 4 is 0 Å². The third-order valence-corrected chi connectivity index (χ3v) is 7.01. The molecule has 3 aliphatic carbocycles. The molecule has 0 heterocycles. The molecule has 3 heteroatoms. The van der Waals surface area contributed by atoms with E-state index < -0.39 is 5.79 Å². The Morgan fingerprint density at radius 3 is 2.87 bits per heavy atom. The summed E-state index contributed by atoms with van der Waals surface area (Å²) in [5, 5.41) is 20.7. The second-order valence-electron chi connectivity index (χ2n) is 7.80. The van der Waals surface area contributed by atoms with Gasteiger partial charge in [0.25, 0.3) is 0 Å². The van der Waals surface area contributed by atoms with Gasteiger partial charge in [0.1, 0.15) is 11.9 Å². The first-order chi connectivity index (χ1) is 11.0. The van der Waals surface area contributed by atoms with Gasteiger partial charge in [-0.3, -0.25) is 0 Å². The summed E-state index contributed by atoms with van der Waals surface area (Å²) >= 11 is 0. The maximum atomic E-state index is 11.0. The van der Waals surface area contributed by atoms with Crippen LogP contribution in [0.1, 0.15) is 56.1 Å². The average molecular weight is 312 g/mol. The number of terminal acetylenes is 1. The van der Waals surface area contributed by atoms with Crippen molar-refractivity contribution < 1.29 is 14.9 Å². The van der Waals surface area contributed by atoms with E-state index in [0.717, 1.165) is 32.1 Å². The second kappa shape index (κ2) is 4.92. The lowest BCUT2D eigenvalue weighted by Crippen LogP contribution is -2.51. The highest BCUT2D eigenvalue weighted by Crippen LogP contribution is 2.64. The van der Waals surface area contributed by atoms with Crippen LogP contribution in [0.3, 0.4) is 0 Å². The predicted molar refractivity (Wildman–Crippen MR) is 87.6 cm³/mol.